The number of carbonyl (C=O) groups is 1. The number of hydrogen-bond acceptors (Lipinski definition) is 5. The lowest BCUT2D eigenvalue weighted by molar-refractivity contribution is -0.114. The zero-order valence-electron chi connectivity index (χ0n) is 12.2. The molecule has 0 aliphatic heterocycles. The molecule has 0 fully saturated rings. The van der Waals surface area contributed by atoms with Crippen molar-refractivity contribution in [1.82, 2.24) is 0 Å². The van der Waals surface area contributed by atoms with Crippen LogP contribution in [0, 0.1) is 0 Å². The normalized spacial score (nSPS) is 10.0. The van der Waals surface area contributed by atoms with Crippen molar-refractivity contribution in [3.05, 3.63) is 34.5 Å². The summed E-state index contributed by atoms with van der Waals surface area (Å²) < 4.78 is 10.5. The number of ether oxygens (including phenoxy) is 2. The molecular weight excluding hydrogens is 288 g/mol. The summed E-state index contributed by atoms with van der Waals surface area (Å²) in [7, 11) is 3.21. The summed E-state index contributed by atoms with van der Waals surface area (Å²) in [5.41, 5.74) is 1.77. The minimum atomic E-state index is -0.0687. The molecular formula is C15H18N2O3S. The van der Waals surface area contributed by atoms with Crippen LogP contribution in [0.4, 0.5) is 11.4 Å². The lowest BCUT2D eigenvalue weighted by Crippen LogP contribution is -2.08. The van der Waals surface area contributed by atoms with E-state index in [1.54, 1.807) is 25.6 Å². The van der Waals surface area contributed by atoms with Crippen LogP contribution in [0.1, 0.15) is 11.8 Å². The first-order valence-corrected chi connectivity index (χ1v) is 7.32. The first-order chi connectivity index (χ1) is 10.1. The minimum Gasteiger partial charge on any atom is -0.493 e. The van der Waals surface area contributed by atoms with Crippen LogP contribution in [0.2, 0.25) is 0 Å². The standard InChI is InChI=1S/C15H18N2O3S/c1-10(18)17-12-6-7-21-15(12)9-16-11-4-5-13(19-2)14(8-11)20-3/h4-8,16H,9H2,1-3H3,(H,17,18). The molecule has 21 heavy (non-hydrogen) atoms. The maximum absolute atomic E-state index is 11.1. The third-order valence-electron chi connectivity index (χ3n) is 2.89. The van der Waals surface area contributed by atoms with E-state index in [1.807, 2.05) is 29.6 Å². The molecule has 0 saturated heterocycles. The summed E-state index contributed by atoms with van der Waals surface area (Å²) in [6.45, 7) is 2.13. The number of rotatable bonds is 6. The van der Waals surface area contributed by atoms with Crippen molar-refractivity contribution in [3.63, 3.8) is 0 Å². The van der Waals surface area contributed by atoms with Crippen molar-refractivity contribution in [3.8, 4) is 11.5 Å². The van der Waals surface area contributed by atoms with Gasteiger partial charge in [-0.3, -0.25) is 4.79 Å². The smallest absolute Gasteiger partial charge is 0.221 e. The van der Waals surface area contributed by atoms with E-state index in [0.717, 1.165) is 16.3 Å². The molecule has 5 nitrogen and oxygen atoms in total. The molecule has 0 spiro atoms. The number of methoxy groups -OCH3 is 2. The van der Waals surface area contributed by atoms with Gasteiger partial charge in [0.15, 0.2) is 11.5 Å². The highest BCUT2D eigenvalue weighted by molar-refractivity contribution is 7.10. The Morgan fingerprint density at radius 2 is 1.95 bits per heavy atom. The fraction of sp³-hybridized carbons (Fsp3) is 0.267. The molecule has 112 valence electrons. The number of amides is 1. The van der Waals surface area contributed by atoms with Gasteiger partial charge in [-0.1, -0.05) is 0 Å². The van der Waals surface area contributed by atoms with Crippen molar-refractivity contribution < 1.29 is 14.3 Å². The molecule has 1 heterocycles. The highest BCUT2D eigenvalue weighted by atomic mass is 32.1. The number of hydrogen-bond donors (Lipinski definition) is 2. The SMILES string of the molecule is COc1ccc(NCc2sccc2NC(C)=O)cc1OC. The maximum atomic E-state index is 11.1. The van der Waals surface area contributed by atoms with Crippen molar-refractivity contribution in [1.29, 1.82) is 0 Å². The fourth-order valence-corrected chi connectivity index (χ4v) is 2.68. The van der Waals surface area contributed by atoms with Gasteiger partial charge in [0.25, 0.3) is 0 Å². The van der Waals surface area contributed by atoms with Crippen LogP contribution in [0.5, 0.6) is 11.5 Å². The van der Waals surface area contributed by atoms with Gasteiger partial charge in [0, 0.05) is 23.6 Å². The van der Waals surface area contributed by atoms with E-state index in [0.29, 0.717) is 18.0 Å². The monoisotopic (exact) mass is 306 g/mol. The molecule has 0 atom stereocenters. The predicted octanol–water partition coefficient (Wildman–Crippen LogP) is 3.34. The Kier molecular flexibility index (Phi) is 5.05. The highest BCUT2D eigenvalue weighted by Crippen LogP contribution is 2.30. The van der Waals surface area contributed by atoms with Crippen LogP contribution in [0.15, 0.2) is 29.6 Å². The van der Waals surface area contributed by atoms with Gasteiger partial charge in [-0.05, 0) is 23.6 Å². The van der Waals surface area contributed by atoms with Crippen LogP contribution in [-0.2, 0) is 11.3 Å². The minimum absolute atomic E-state index is 0.0687. The van der Waals surface area contributed by atoms with Gasteiger partial charge >= 0.3 is 0 Å². The third-order valence-corrected chi connectivity index (χ3v) is 3.81. The summed E-state index contributed by atoms with van der Waals surface area (Å²) in [5.74, 6) is 1.30. The van der Waals surface area contributed by atoms with Gasteiger partial charge in [-0.25, -0.2) is 0 Å². The van der Waals surface area contributed by atoms with E-state index >= 15 is 0 Å². The first kappa shape index (κ1) is 15.2. The Morgan fingerprint density at radius 3 is 2.62 bits per heavy atom. The topological polar surface area (TPSA) is 59.6 Å². The largest absolute Gasteiger partial charge is 0.493 e. The lowest BCUT2D eigenvalue weighted by atomic mass is 10.2. The molecule has 2 rings (SSSR count). The second-order valence-electron chi connectivity index (χ2n) is 4.36. The van der Waals surface area contributed by atoms with Crippen molar-refractivity contribution in [2.24, 2.45) is 0 Å². The molecule has 2 N–H and O–H groups in total. The van der Waals surface area contributed by atoms with Gasteiger partial charge in [0.1, 0.15) is 0 Å². The van der Waals surface area contributed by atoms with E-state index < -0.39 is 0 Å². The molecule has 0 saturated carbocycles. The zero-order valence-corrected chi connectivity index (χ0v) is 13.0. The summed E-state index contributed by atoms with van der Waals surface area (Å²) in [6, 6.07) is 7.56. The second-order valence-corrected chi connectivity index (χ2v) is 5.36. The molecule has 0 aliphatic rings. The number of thiophene rings is 1. The average molecular weight is 306 g/mol. The summed E-state index contributed by atoms with van der Waals surface area (Å²) in [5, 5.41) is 8.08. The Labute approximate surface area is 127 Å². The molecule has 0 bridgehead atoms. The van der Waals surface area contributed by atoms with Crippen LogP contribution >= 0.6 is 11.3 Å². The lowest BCUT2D eigenvalue weighted by Gasteiger charge is -2.11. The first-order valence-electron chi connectivity index (χ1n) is 6.44. The second kappa shape index (κ2) is 6.99. The Morgan fingerprint density at radius 1 is 1.19 bits per heavy atom. The molecule has 2 aromatic rings. The Balaban J connectivity index is 2.06. The summed E-state index contributed by atoms with van der Waals surface area (Å²) >= 11 is 1.60. The van der Waals surface area contributed by atoms with Crippen LogP contribution in [0.3, 0.4) is 0 Å². The Bertz CT molecular complexity index is 625. The number of anilines is 2. The van der Waals surface area contributed by atoms with Crippen molar-refractivity contribution >= 4 is 28.6 Å². The summed E-state index contributed by atoms with van der Waals surface area (Å²) in [6.07, 6.45) is 0. The highest BCUT2D eigenvalue weighted by Gasteiger charge is 2.07. The van der Waals surface area contributed by atoms with E-state index in [-0.39, 0.29) is 5.91 Å². The molecule has 1 aromatic heterocycles. The molecule has 0 aliphatic carbocycles. The van der Waals surface area contributed by atoms with Crippen LogP contribution < -0.4 is 20.1 Å². The number of carbonyl (C=O) groups excluding carboxylic acids is 1. The van der Waals surface area contributed by atoms with Gasteiger partial charge in [-0.15, -0.1) is 11.3 Å². The third kappa shape index (κ3) is 3.88. The summed E-state index contributed by atoms with van der Waals surface area (Å²) in [4.78, 5) is 12.2. The van der Waals surface area contributed by atoms with Gasteiger partial charge in [-0.2, -0.15) is 0 Å². The van der Waals surface area contributed by atoms with E-state index in [9.17, 15) is 4.79 Å². The number of nitrogens with one attached hydrogen (secondary N) is 2. The molecule has 6 heteroatoms. The average Bonchev–Trinajstić information content (AvgIpc) is 2.91. The predicted molar refractivity (Wildman–Crippen MR) is 85.5 cm³/mol. The van der Waals surface area contributed by atoms with E-state index in [2.05, 4.69) is 10.6 Å². The van der Waals surface area contributed by atoms with E-state index in [1.165, 1.54) is 6.92 Å². The van der Waals surface area contributed by atoms with Crippen molar-refractivity contribution in [2.75, 3.05) is 24.9 Å². The van der Waals surface area contributed by atoms with Crippen molar-refractivity contribution in [2.45, 2.75) is 13.5 Å². The van der Waals surface area contributed by atoms with Crippen LogP contribution in [0.25, 0.3) is 0 Å². The van der Waals surface area contributed by atoms with Gasteiger partial charge < -0.3 is 20.1 Å². The Hall–Kier alpha value is -2.21. The van der Waals surface area contributed by atoms with Gasteiger partial charge in [0.2, 0.25) is 5.91 Å². The number of benzene rings is 1. The van der Waals surface area contributed by atoms with Crippen LogP contribution in [-0.4, -0.2) is 20.1 Å². The maximum Gasteiger partial charge on any atom is 0.221 e. The van der Waals surface area contributed by atoms with E-state index in [4.69, 9.17) is 9.47 Å². The zero-order chi connectivity index (χ0) is 15.2. The fourth-order valence-electron chi connectivity index (χ4n) is 1.91. The molecule has 1 amide bonds. The molecule has 0 radical (unpaired) electrons. The quantitative estimate of drug-likeness (QED) is 0.859. The molecule has 1 aromatic carbocycles. The van der Waals surface area contributed by atoms with Gasteiger partial charge in [0.05, 0.1) is 26.5 Å². The molecule has 0 unspecified atom stereocenters.